The minimum Gasteiger partial charge on any atom is -0.496 e. The zero-order valence-corrected chi connectivity index (χ0v) is 37.8. The third-order valence-electron chi connectivity index (χ3n) is 11.7. The second kappa shape index (κ2) is 18.3. The highest BCUT2D eigenvalue weighted by molar-refractivity contribution is 7.81. The molecule has 2 aromatic rings. The molecule has 59 heavy (non-hydrogen) atoms. The third-order valence-corrected chi connectivity index (χ3v) is 12.3. The fraction of sp³-hybridized carbons (Fsp3) is 0.556. The van der Waals surface area contributed by atoms with Crippen molar-refractivity contribution >= 4 is 59.5 Å². The van der Waals surface area contributed by atoms with Crippen molar-refractivity contribution in [3.05, 3.63) is 64.7 Å². The molecule has 3 aliphatic rings. The lowest BCUT2D eigenvalue weighted by molar-refractivity contribution is -0.173. The Morgan fingerprint density at radius 1 is 1.14 bits per heavy atom. The van der Waals surface area contributed by atoms with Crippen molar-refractivity contribution in [2.45, 2.75) is 121 Å². The molecule has 3 amide bonds. The molecule has 12 nitrogen and oxygen atoms in total. The van der Waals surface area contributed by atoms with E-state index in [2.05, 4.69) is 17.9 Å². The van der Waals surface area contributed by atoms with E-state index in [4.69, 9.17) is 35.3 Å². The smallest absolute Gasteiger partial charge is 0.412 e. The Balaban J connectivity index is 1.60. The van der Waals surface area contributed by atoms with Gasteiger partial charge < -0.3 is 33.9 Å². The molecule has 5 rings (SSSR count). The van der Waals surface area contributed by atoms with Gasteiger partial charge in [0.2, 0.25) is 11.8 Å². The number of benzene rings is 2. The van der Waals surface area contributed by atoms with Crippen molar-refractivity contribution in [3.8, 4) is 16.9 Å². The van der Waals surface area contributed by atoms with Crippen molar-refractivity contribution in [1.29, 1.82) is 0 Å². The van der Waals surface area contributed by atoms with Crippen LogP contribution >= 0.6 is 24.2 Å². The van der Waals surface area contributed by atoms with Gasteiger partial charge in [-0.1, -0.05) is 76.1 Å². The van der Waals surface area contributed by atoms with Crippen molar-refractivity contribution in [2.24, 2.45) is 11.8 Å². The average molecular weight is 855 g/mol. The van der Waals surface area contributed by atoms with Crippen LogP contribution in [-0.2, 0) is 39.8 Å². The number of amides is 3. The second-order valence-corrected chi connectivity index (χ2v) is 18.8. The van der Waals surface area contributed by atoms with Crippen LogP contribution in [0.15, 0.2) is 54.1 Å². The van der Waals surface area contributed by atoms with Crippen LogP contribution in [0.25, 0.3) is 11.1 Å². The maximum atomic E-state index is 14.6. The van der Waals surface area contributed by atoms with E-state index >= 15 is 0 Å². The average Bonchev–Trinajstić information content (AvgIpc) is 3.88. The van der Waals surface area contributed by atoms with Gasteiger partial charge in [0.25, 0.3) is 0 Å². The molecule has 2 fully saturated rings. The summed E-state index contributed by atoms with van der Waals surface area (Å²) < 4.78 is 30.2. The standard InChI is InChI=1S/C45H60ClN3O9S/c1-26(2)41(52)57-36-24-38(51)48(8)33-21-29(22-34(54-10)39(33)30-15-16-32(31(46)23-30)47-37(50)17-19-43(5,6)59)20-27(3)14-12-13-18-45(55-11)25-35(56-42(53)49(45)9)28(4)40-44(36,7)58-40/h12-16,21-23,26,28,35-36,40,59H,17-20,24-25H2,1-11H3,(H,47,50)/b13-12+,27-14+/t28-,35+,36+,40+,44+,45-/m1/s1. The highest BCUT2D eigenvalue weighted by atomic mass is 35.5. The molecule has 3 aliphatic heterocycles. The van der Waals surface area contributed by atoms with E-state index < -0.39 is 47.6 Å². The third kappa shape index (κ3) is 10.5. The molecule has 0 radical (unpaired) electrons. The van der Waals surface area contributed by atoms with Gasteiger partial charge in [0.15, 0.2) is 5.72 Å². The molecule has 0 aliphatic carbocycles. The molecule has 14 heteroatoms. The van der Waals surface area contributed by atoms with E-state index in [-0.39, 0.29) is 35.3 Å². The van der Waals surface area contributed by atoms with E-state index in [1.54, 1.807) is 59.2 Å². The molecule has 2 saturated heterocycles. The molecular formula is C45H60ClN3O9S. The molecular weight excluding hydrogens is 794 g/mol. The maximum absolute atomic E-state index is 14.6. The Labute approximate surface area is 359 Å². The number of nitrogens with zero attached hydrogens (tertiary/aromatic N) is 2. The van der Waals surface area contributed by atoms with Gasteiger partial charge in [0.1, 0.15) is 23.6 Å². The predicted molar refractivity (Wildman–Crippen MR) is 233 cm³/mol. The van der Waals surface area contributed by atoms with Crippen molar-refractivity contribution in [3.63, 3.8) is 0 Å². The first-order chi connectivity index (χ1) is 27.6. The first-order valence-electron chi connectivity index (χ1n) is 20.1. The quantitative estimate of drug-likeness (QED) is 0.144. The summed E-state index contributed by atoms with van der Waals surface area (Å²) in [4.78, 5) is 57.0. The van der Waals surface area contributed by atoms with Crippen LogP contribution in [0.3, 0.4) is 0 Å². The number of halogens is 1. The molecule has 2 aromatic carbocycles. The summed E-state index contributed by atoms with van der Waals surface area (Å²) in [6, 6.07) is 9.18. The predicted octanol–water partition coefficient (Wildman–Crippen LogP) is 8.79. The second-order valence-electron chi connectivity index (χ2n) is 17.2. The Hall–Kier alpha value is -4.04. The van der Waals surface area contributed by atoms with Crippen LogP contribution in [0.4, 0.5) is 16.2 Å². The van der Waals surface area contributed by atoms with Gasteiger partial charge in [-0.2, -0.15) is 12.6 Å². The van der Waals surface area contributed by atoms with Gasteiger partial charge in [0, 0.05) is 56.7 Å². The summed E-state index contributed by atoms with van der Waals surface area (Å²) in [6.07, 6.45) is 5.33. The summed E-state index contributed by atoms with van der Waals surface area (Å²) in [7, 11) is 6.50. The number of esters is 1. The Morgan fingerprint density at radius 3 is 2.47 bits per heavy atom. The molecule has 1 N–H and O–H groups in total. The van der Waals surface area contributed by atoms with Crippen molar-refractivity contribution in [1.82, 2.24) is 4.90 Å². The van der Waals surface area contributed by atoms with Crippen molar-refractivity contribution < 1.29 is 42.9 Å². The molecule has 6 atom stereocenters. The van der Waals surface area contributed by atoms with Crippen LogP contribution in [0, 0.1) is 11.8 Å². The zero-order chi connectivity index (χ0) is 43.6. The van der Waals surface area contributed by atoms with E-state index in [1.165, 1.54) is 4.90 Å². The highest BCUT2D eigenvalue weighted by Gasteiger charge is 2.64. The first kappa shape index (κ1) is 46.0. The number of hydrogen-bond acceptors (Lipinski definition) is 10. The zero-order valence-electron chi connectivity index (χ0n) is 36.1. The molecule has 4 bridgehead atoms. The summed E-state index contributed by atoms with van der Waals surface area (Å²) >= 11 is 11.4. The summed E-state index contributed by atoms with van der Waals surface area (Å²) in [5.41, 5.74) is 2.13. The Morgan fingerprint density at radius 2 is 1.85 bits per heavy atom. The van der Waals surface area contributed by atoms with Gasteiger partial charge in [-0.25, -0.2) is 4.79 Å². The molecule has 0 unspecified atom stereocenters. The molecule has 322 valence electrons. The largest absolute Gasteiger partial charge is 0.496 e. The van der Waals surface area contributed by atoms with Crippen LogP contribution < -0.4 is 15.0 Å². The summed E-state index contributed by atoms with van der Waals surface area (Å²) in [5, 5.41) is 3.22. The number of methoxy groups -OCH3 is 2. The van der Waals surface area contributed by atoms with Crippen LogP contribution in [0.1, 0.15) is 86.1 Å². The number of allylic oxidation sites excluding steroid dienone is 3. The normalized spacial score (nSPS) is 27.9. The Kier molecular flexibility index (Phi) is 14.3. The lowest BCUT2D eigenvalue weighted by Gasteiger charge is -2.46. The first-order valence-corrected chi connectivity index (χ1v) is 20.9. The minimum absolute atomic E-state index is 0.179. The molecule has 3 heterocycles. The molecule has 0 aromatic heterocycles. The van der Waals surface area contributed by atoms with Crippen LogP contribution in [0.5, 0.6) is 5.75 Å². The maximum Gasteiger partial charge on any atom is 0.412 e. The number of nitrogens with one attached hydrogen (secondary N) is 1. The minimum atomic E-state index is -1.06. The fourth-order valence-electron chi connectivity index (χ4n) is 7.82. The van der Waals surface area contributed by atoms with Gasteiger partial charge in [-0.05, 0) is 62.1 Å². The molecule has 0 saturated carbocycles. The van der Waals surface area contributed by atoms with Gasteiger partial charge in [0.05, 0.1) is 41.9 Å². The fourth-order valence-corrected chi connectivity index (χ4v) is 8.16. The number of rotatable bonds is 9. The van der Waals surface area contributed by atoms with E-state index in [0.717, 1.165) is 11.1 Å². The number of carbonyl (C=O) groups is 4. The number of anilines is 2. The van der Waals surface area contributed by atoms with Crippen molar-refractivity contribution in [2.75, 3.05) is 38.5 Å². The monoisotopic (exact) mass is 853 g/mol. The summed E-state index contributed by atoms with van der Waals surface area (Å²) in [5.74, 6) is -1.28. The number of ether oxygens (including phenoxy) is 5. The van der Waals surface area contributed by atoms with E-state index in [0.29, 0.717) is 59.0 Å². The SMILES string of the molecule is COc1cc2cc(c1-c1ccc(NC(=O)CCC(C)(C)S)c(Cl)c1)N(C)C(=O)C[C@H](OC(=O)C(C)C)[C@]1(C)O[C@H]1[C@H](C)[C@@H]1C[C@](OC)(C/C=C/C=C(\C)C2)N(C)C(=O)O1. The van der Waals surface area contributed by atoms with E-state index in [9.17, 15) is 19.2 Å². The lowest BCUT2D eigenvalue weighted by Crippen LogP contribution is -2.59. The van der Waals surface area contributed by atoms with Gasteiger partial charge in [-0.3, -0.25) is 19.3 Å². The number of carbonyl (C=O) groups excluding carboxylic acids is 4. The highest BCUT2D eigenvalue weighted by Crippen LogP contribution is 2.50. The Bertz CT molecular complexity index is 2000. The topological polar surface area (TPSA) is 136 Å². The summed E-state index contributed by atoms with van der Waals surface area (Å²) in [6.45, 7) is 13.2. The van der Waals surface area contributed by atoms with Gasteiger partial charge >= 0.3 is 12.1 Å². The number of fused-ring (bicyclic) bond motifs is 5. The number of thiol groups is 1. The molecule has 0 spiro atoms. The number of epoxide rings is 1. The van der Waals surface area contributed by atoms with Crippen LogP contribution in [-0.4, -0.2) is 91.5 Å². The van der Waals surface area contributed by atoms with E-state index in [1.807, 2.05) is 71.0 Å². The van der Waals surface area contributed by atoms with Gasteiger partial charge in [-0.15, -0.1) is 0 Å². The van der Waals surface area contributed by atoms with Crippen LogP contribution in [0.2, 0.25) is 5.02 Å². The lowest BCUT2D eigenvalue weighted by atomic mass is 9.83. The number of hydrogen-bond donors (Lipinski definition) is 2.